The Hall–Kier alpha value is -13.7. The fraction of sp³-hybridized carbons (Fsp3) is 0.333. The van der Waals surface area contributed by atoms with E-state index in [0.717, 1.165) is 144 Å². The van der Waals surface area contributed by atoms with Crippen LogP contribution in [0.4, 0.5) is 0 Å². The first-order valence-corrected chi connectivity index (χ1v) is 58.1. The Balaban J connectivity index is 0.000000233. The number of rotatable bonds is 12. The van der Waals surface area contributed by atoms with E-state index in [0.29, 0.717) is 0 Å². The summed E-state index contributed by atoms with van der Waals surface area (Å²) in [5.74, 6) is 0. The van der Waals surface area contributed by atoms with Crippen molar-refractivity contribution in [3.05, 3.63) is 358 Å². The highest BCUT2D eigenvalue weighted by atomic mass is 16.3. The normalized spacial score (nSPS) is 10.3. The number of fused-ring (bicyclic) bond motifs is 30. The molecule has 24 aromatic rings. The van der Waals surface area contributed by atoms with Crippen molar-refractivity contribution in [1.82, 2.24) is 0 Å². The molecule has 6 heterocycles. The van der Waals surface area contributed by atoms with Crippen LogP contribution >= 0.6 is 0 Å². The van der Waals surface area contributed by atoms with Gasteiger partial charge in [-0.2, -0.15) is 0 Å². The van der Waals surface area contributed by atoms with E-state index in [1.807, 2.05) is 166 Å². The van der Waals surface area contributed by atoms with Crippen molar-refractivity contribution in [2.45, 2.75) is 326 Å². The SMILES string of the molecule is CC.CC.CC.CC.CC.CC.CC.CC.CC.CC.CC.CC.CCc1cc2c3cccc(CC)c3oc2c2ccccc12.CCc1ccc2c(c1)oc1c3ccccc3c(CC)cc21.CCc1ccc2c(c1)oc1c3ccccc3cc(CC)c21.CCc1ccc2oc3c4ccccc4cc(CC)c3c2c1.CCc1cccc2c1oc1c3ccccc3cc(CC)c21.CCc1cccc2oc3c4ccccc4cc(CC)c3c12. The molecule has 6 aromatic heterocycles. The van der Waals surface area contributed by atoms with E-state index in [9.17, 15) is 0 Å². The van der Waals surface area contributed by atoms with Gasteiger partial charge < -0.3 is 26.5 Å². The Labute approximate surface area is 900 Å². The van der Waals surface area contributed by atoms with Crippen LogP contribution in [0.2, 0.25) is 0 Å². The van der Waals surface area contributed by atoms with Gasteiger partial charge in [-0.1, -0.05) is 498 Å². The number of para-hydroxylation sites is 2. The fourth-order valence-electron chi connectivity index (χ4n) is 19.7. The summed E-state index contributed by atoms with van der Waals surface area (Å²) in [6.45, 7) is 74.4. The summed E-state index contributed by atoms with van der Waals surface area (Å²) in [5, 5.41) is 30.1. The van der Waals surface area contributed by atoms with Gasteiger partial charge in [-0.3, -0.25) is 0 Å². The second-order valence-electron chi connectivity index (χ2n) is 33.5. The van der Waals surface area contributed by atoms with Gasteiger partial charge in [0.2, 0.25) is 0 Å². The molecule has 0 amide bonds. The lowest BCUT2D eigenvalue weighted by molar-refractivity contribution is 0.666. The molecule has 0 N–H and O–H groups in total. The van der Waals surface area contributed by atoms with E-state index in [-0.39, 0.29) is 0 Å². The minimum atomic E-state index is 0.994. The molecule has 792 valence electrons. The van der Waals surface area contributed by atoms with Crippen molar-refractivity contribution in [1.29, 1.82) is 0 Å². The summed E-state index contributed by atoms with van der Waals surface area (Å²) in [5.41, 5.74) is 28.5. The zero-order valence-electron chi connectivity index (χ0n) is 98.6. The molecule has 0 spiro atoms. The van der Waals surface area contributed by atoms with Crippen molar-refractivity contribution in [2.75, 3.05) is 0 Å². The van der Waals surface area contributed by atoms with E-state index in [2.05, 4.69) is 374 Å². The summed E-state index contributed by atoms with van der Waals surface area (Å²) < 4.78 is 37.5. The van der Waals surface area contributed by atoms with Crippen LogP contribution in [-0.2, 0) is 77.0 Å². The molecule has 6 nitrogen and oxygen atoms in total. The Morgan fingerprint density at radius 2 is 0.393 bits per heavy atom. The number of hydrogen-bond donors (Lipinski definition) is 0. The van der Waals surface area contributed by atoms with Crippen LogP contribution in [0.1, 0.15) is 316 Å². The summed E-state index contributed by atoms with van der Waals surface area (Å²) in [4.78, 5) is 0. The summed E-state index contributed by atoms with van der Waals surface area (Å²) >= 11 is 0. The number of aryl methyl sites for hydroxylation is 12. The summed E-state index contributed by atoms with van der Waals surface area (Å²) in [6, 6.07) is 104. The molecule has 24 rings (SSSR count). The Morgan fingerprint density at radius 1 is 0.127 bits per heavy atom. The summed E-state index contributed by atoms with van der Waals surface area (Å²) in [7, 11) is 0. The van der Waals surface area contributed by atoms with Crippen LogP contribution in [-0.4, -0.2) is 0 Å². The van der Waals surface area contributed by atoms with Crippen molar-refractivity contribution in [2.24, 2.45) is 0 Å². The van der Waals surface area contributed by atoms with Crippen LogP contribution in [0.25, 0.3) is 196 Å². The molecular weight excluding hydrogens is 1830 g/mol. The molecule has 0 aliphatic carbocycles. The third kappa shape index (κ3) is 26.3. The predicted molar refractivity (Wildman–Crippen MR) is 676 cm³/mol. The smallest absolute Gasteiger partial charge is 0.143 e. The van der Waals surface area contributed by atoms with Gasteiger partial charge in [-0.25, -0.2) is 0 Å². The Bertz CT molecular complexity index is 8160. The summed E-state index contributed by atoms with van der Waals surface area (Å²) in [6.07, 6.45) is 12.3. The van der Waals surface area contributed by atoms with Gasteiger partial charge in [0.15, 0.2) is 0 Å². The first-order valence-electron chi connectivity index (χ1n) is 58.1. The van der Waals surface area contributed by atoms with Gasteiger partial charge in [0, 0.05) is 97.0 Å². The highest BCUT2D eigenvalue weighted by Crippen LogP contribution is 2.46. The van der Waals surface area contributed by atoms with Crippen LogP contribution in [0.5, 0.6) is 0 Å². The zero-order chi connectivity index (χ0) is 110. The van der Waals surface area contributed by atoms with Gasteiger partial charge in [-0.05, 0) is 219 Å². The van der Waals surface area contributed by atoms with E-state index in [1.54, 1.807) is 0 Å². The van der Waals surface area contributed by atoms with Gasteiger partial charge in [0.1, 0.15) is 67.0 Å². The maximum Gasteiger partial charge on any atom is 0.143 e. The monoisotopic (exact) mass is 2010 g/mol. The second-order valence-corrected chi connectivity index (χ2v) is 33.5. The van der Waals surface area contributed by atoms with Gasteiger partial charge in [0.05, 0.1) is 0 Å². The second kappa shape index (κ2) is 63.3. The van der Waals surface area contributed by atoms with E-state index in [1.165, 1.54) is 196 Å². The number of furan rings is 6. The van der Waals surface area contributed by atoms with Crippen LogP contribution in [0.15, 0.2) is 318 Å². The van der Waals surface area contributed by atoms with Crippen molar-refractivity contribution in [3.63, 3.8) is 0 Å². The molecule has 0 fully saturated rings. The maximum atomic E-state index is 6.33. The molecule has 0 aliphatic heterocycles. The molecule has 0 atom stereocenters. The minimum absolute atomic E-state index is 0.994. The maximum absolute atomic E-state index is 6.33. The van der Waals surface area contributed by atoms with Gasteiger partial charge in [-0.15, -0.1) is 0 Å². The predicted octanol–water partition coefficient (Wildman–Crippen LogP) is 47.5. The average molecular weight is 2010 g/mol. The first-order chi connectivity index (χ1) is 73.9. The fourth-order valence-corrected chi connectivity index (χ4v) is 19.7. The van der Waals surface area contributed by atoms with Crippen LogP contribution < -0.4 is 0 Å². The lowest BCUT2D eigenvalue weighted by Gasteiger charge is -2.05. The molecular formula is C144H180O6. The lowest BCUT2D eigenvalue weighted by atomic mass is 9.96. The van der Waals surface area contributed by atoms with E-state index >= 15 is 0 Å². The van der Waals surface area contributed by atoms with Crippen molar-refractivity contribution in [3.8, 4) is 0 Å². The topological polar surface area (TPSA) is 78.8 Å². The molecule has 0 bridgehead atoms. The Kier molecular flexibility index (Phi) is 52.0. The van der Waals surface area contributed by atoms with Crippen LogP contribution in [0.3, 0.4) is 0 Å². The van der Waals surface area contributed by atoms with E-state index in [4.69, 9.17) is 26.5 Å². The number of hydrogen-bond acceptors (Lipinski definition) is 6. The van der Waals surface area contributed by atoms with Gasteiger partial charge in [0.25, 0.3) is 0 Å². The van der Waals surface area contributed by atoms with Crippen molar-refractivity contribution < 1.29 is 26.5 Å². The molecule has 0 saturated carbocycles. The first kappa shape index (κ1) is 123. The van der Waals surface area contributed by atoms with Crippen LogP contribution in [0, 0.1) is 0 Å². The van der Waals surface area contributed by atoms with Gasteiger partial charge >= 0.3 is 0 Å². The molecule has 0 saturated heterocycles. The third-order valence-electron chi connectivity index (χ3n) is 26.5. The largest absolute Gasteiger partial charge is 0.455 e. The Morgan fingerprint density at radius 3 is 0.807 bits per heavy atom. The lowest BCUT2D eigenvalue weighted by Crippen LogP contribution is -1.86. The van der Waals surface area contributed by atoms with Crippen molar-refractivity contribution >= 4 is 196 Å². The minimum Gasteiger partial charge on any atom is -0.455 e. The standard InChI is InChI=1S/6C20H18O.12C2H6/c1-3-13-8-7-11-17-18-12-14(4-2)15-9-5-6-10-16(15)20(18)21-19(13)17;1-3-13-9-7-11-17-18-14(4-2)12-15-8-5-6-10-16(15)20(18)21-19(13)17;1-3-13-9-7-11-17-18(13)19-14(4-2)12-15-8-5-6-10-16(15)20(19)21-17;1-3-13-9-10-16-18-12-14(4-2)15-7-5-6-8-17(15)20(18)21-19(16)11-13;1-3-13-9-10-18-17(11-13)19-14(4-2)12-15-7-5-6-8-16(15)20(19)21-18;1-3-13-9-10-17-18(11-13)21-20-16-8-6-5-7-15(16)12-14(4-2)19(17)20;12*1-2/h6*5-12H,3-4H2,1-2H3;12*1-2H3. The highest BCUT2D eigenvalue weighted by Gasteiger charge is 2.23. The molecule has 150 heavy (non-hydrogen) atoms. The molecule has 6 heteroatoms. The highest BCUT2D eigenvalue weighted by molar-refractivity contribution is 6.23. The number of benzene rings is 18. The molecule has 0 unspecified atom stereocenters. The molecule has 0 aliphatic rings. The molecule has 18 aromatic carbocycles. The third-order valence-corrected chi connectivity index (χ3v) is 26.5. The van der Waals surface area contributed by atoms with E-state index < -0.39 is 0 Å². The molecule has 0 radical (unpaired) electrons. The average Bonchev–Trinajstić information content (AvgIpc) is 1.61. The zero-order valence-corrected chi connectivity index (χ0v) is 98.6. The quantitative estimate of drug-likeness (QED) is 0.121.